The van der Waals surface area contributed by atoms with Gasteiger partial charge in [0.25, 0.3) is 0 Å². The van der Waals surface area contributed by atoms with E-state index in [1.165, 1.54) is 0 Å². The minimum absolute atomic E-state index is 0.163. The number of aromatic nitrogens is 2. The Balaban J connectivity index is 1.68. The number of carbonyl (C=O) groups is 1. The Morgan fingerprint density at radius 1 is 1.44 bits per heavy atom. The number of rotatable bonds is 2. The molecule has 0 unspecified atom stereocenters. The molecule has 1 atom stereocenters. The number of likely N-dealkylation sites (tertiary alicyclic amines) is 1. The molecule has 3 heterocycles. The highest BCUT2D eigenvalue weighted by Gasteiger charge is 2.45. The molecule has 98 valence electrons. The lowest BCUT2D eigenvalue weighted by atomic mass is 9.79. The van der Waals surface area contributed by atoms with Crippen LogP contribution in [0, 0.1) is 12.3 Å². The van der Waals surface area contributed by atoms with Gasteiger partial charge in [-0.3, -0.25) is 9.69 Å². The maximum Gasteiger partial charge on any atom is 0.227 e. The molecule has 0 bridgehead atoms. The Hall–Kier alpha value is -1.43. The van der Waals surface area contributed by atoms with Gasteiger partial charge in [-0.2, -0.15) is 0 Å². The maximum atomic E-state index is 12.0. The van der Waals surface area contributed by atoms with Crippen LogP contribution in [-0.2, 0) is 11.3 Å². The van der Waals surface area contributed by atoms with Crippen molar-refractivity contribution in [2.45, 2.75) is 32.7 Å². The van der Waals surface area contributed by atoms with E-state index in [9.17, 15) is 4.79 Å². The van der Waals surface area contributed by atoms with Crippen molar-refractivity contribution < 1.29 is 9.42 Å². The van der Waals surface area contributed by atoms with Crippen LogP contribution in [0.3, 0.4) is 0 Å². The van der Waals surface area contributed by atoms with E-state index in [4.69, 9.17) is 4.63 Å². The second-order valence-corrected chi connectivity index (χ2v) is 5.40. The van der Waals surface area contributed by atoms with E-state index < -0.39 is 0 Å². The summed E-state index contributed by atoms with van der Waals surface area (Å²) in [5.41, 5.74) is 1.55. The summed E-state index contributed by atoms with van der Waals surface area (Å²) in [4.78, 5) is 14.3. The average Bonchev–Trinajstić information content (AvgIpc) is 2.93. The topological polar surface area (TPSA) is 71.3 Å². The van der Waals surface area contributed by atoms with E-state index in [1.807, 2.05) is 6.92 Å². The van der Waals surface area contributed by atoms with Crippen LogP contribution in [0.25, 0.3) is 0 Å². The van der Waals surface area contributed by atoms with Gasteiger partial charge >= 0.3 is 0 Å². The number of nitrogens with zero attached hydrogens (tertiary/aromatic N) is 3. The van der Waals surface area contributed by atoms with E-state index in [1.54, 1.807) is 0 Å². The van der Waals surface area contributed by atoms with Crippen molar-refractivity contribution in [1.29, 1.82) is 0 Å². The molecule has 2 fully saturated rings. The number of aryl methyl sites for hydroxylation is 1. The molecule has 0 radical (unpaired) electrons. The van der Waals surface area contributed by atoms with E-state index >= 15 is 0 Å². The molecule has 6 nitrogen and oxygen atoms in total. The molecule has 18 heavy (non-hydrogen) atoms. The molecule has 1 N–H and O–H groups in total. The van der Waals surface area contributed by atoms with Crippen LogP contribution in [-0.4, -0.2) is 40.8 Å². The van der Waals surface area contributed by atoms with Crippen molar-refractivity contribution in [3.63, 3.8) is 0 Å². The summed E-state index contributed by atoms with van der Waals surface area (Å²) >= 11 is 0. The quantitative estimate of drug-likeness (QED) is 0.826. The molecule has 2 aliphatic heterocycles. The normalized spacial score (nSPS) is 28.8. The Morgan fingerprint density at radius 3 is 3.06 bits per heavy atom. The Kier molecular flexibility index (Phi) is 2.81. The number of nitrogens with one attached hydrogen (secondary N) is 1. The Morgan fingerprint density at radius 2 is 2.33 bits per heavy atom. The first-order valence-electron chi connectivity index (χ1n) is 6.48. The predicted octanol–water partition coefficient (Wildman–Crippen LogP) is 0.480. The van der Waals surface area contributed by atoms with E-state index in [2.05, 4.69) is 20.5 Å². The average molecular weight is 250 g/mol. The highest BCUT2D eigenvalue weighted by Crippen LogP contribution is 2.37. The number of carbonyl (C=O) groups excluding carboxylic acids is 1. The third kappa shape index (κ3) is 1.90. The lowest BCUT2D eigenvalue weighted by molar-refractivity contribution is -0.132. The fourth-order valence-electron chi connectivity index (χ4n) is 3.02. The van der Waals surface area contributed by atoms with Gasteiger partial charge in [-0.15, -0.1) is 0 Å². The zero-order valence-corrected chi connectivity index (χ0v) is 10.6. The zero-order chi connectivity index (χ0) is 12.6. The molecule has 1 aromatic heterocycles. The fourth-order valence-corrected chi connectivity index (χ4v) is 3.02. The van der Waals surface area contributed by atoms with Crippen LogP contribution in [0.5, 0.6) is 0 Å². The molecule has 0 saturated carbocycles. The number of hydrogen-bond donors (Lipinski definition) is 1. The standard InChI is InChI=1S/C12H18N4O2/c1-9-10(15-18-14-9)7-16-6-4-12(8-16)3-2-5-13-11(12)17/h2-8H2,1H3,(H,13,17)/t12-/m1/s1. The first-order valence-corrected chi connectivity index (χ1v) is 6.48. The SMILES string of the molecule is Cc1nonc1CN1CC[C@]2(CCCNC2=O)C1. The van der Waals surface area contributed by atoms with Crippen LogP contribution < -0.4 is 5.32 Å². The Labute approximate surface area is 106 Å². The van der Waals surface area contributed by atoms with Crippen molar-refractivity contribution in [3.05, 3.63) is 11.4 Å². The summed E-state index contributed by atoms with van der Waals surface area (Å²) in [6.07, 6.45) is 3.04. The summed E-state index contributed by atoms with van der Waals surface area (Å²) in [7, 11) is 0. The van der Waals surface area contributed by atoms with Crippen LogP contribution in [0.15, 0.2) is 4.63 Å². The minimum Gasteiger partial charge on any atom is -0.356 e. The van der Waals surface area contributed by atoms with E-state index in [0.717, 1.165) is 56.8 Å². The number of amides is 1. The third-order valence-corrected chi connectivity index (χ3v) is 4.15. The first-order chi connectivity index (χ1) is 8.70. The number of hydrogen-bond acceptors (Lipinski definition) is 5. The summed E-state index contributed by atoms with van der Waals surface area (Å²) in [6, 6.07) is 0. The smallest absolute Gasteiger partial charge is 0.227 e. The second-order valence-electron chi connectivity index (χ2n) is 5.40. The monoisotopic (exact) mass is 250 g/mol. The van der Waals surface area contributed by atoms with Gasteiger partial charge in [0.1, 0.15) is 11.4 Å². The summed E-state index contributed by atoms with van der Waals surface area (Å²) < 4.78 is 4.71. The van der Waals surface area contributed by atoms with Crippen LogP contribution in [0.2, 0.25) is 0 Å². The molecule has 2 saturated heterocycles. The van der Waals surface area contributed by atoms with Gasteiger partial charge in [-0.25, -0.2) is 4.63 Å². The Bertz CT molecular complexity index is 459. The van der Waals surface area contributed by atoms with Crippen molar-refractivity contribution in [2.75, 3.05) is 19.6 Å². The first kappa shape index (κ1) is 11.6. The van der Waals surface area contributed by atoms with Crippen LogP contribution >= 0.6 is 0 Å². The molecule has 1 aromatic rings. The zero-order valence-electron chi connectivity index (χ0n) is 10.6. The molecule has 6 heteroatoms. The molecular weight excluding hydrogens is 232 g/mol. The van der Waals surface area contributed by atoms with Gasteiger partial charge in [-0.05, 0) is 32.7 Å². The van der Waals surface area contributed by atoms with Crippen molar-refractivity contribution in [2.24, 2.45) is 5.41 Å². The van der Waals surface area contributed by atoms with Gasteiger partial charge in [-0.1, -0.05) is 10.3 Å². The number of piperidine rings is 1. The highest BCUT2D eigenvalue weighted by atomic mass is 16.6. The predicted molar refractivity (Wildman–Crippen MR) is 63.6 cm³/mol. The molecule has 2 aliphatic rings. The van der Waals surface area contributed by atoms with Crippen molar-refractivity contribution in [3.8, 4) is 0 Å². The van der Waals surface area contributed by atoms with Crippen LogP contribution in [0.1, 0.15) is 30.7 Å². The van der Waals surface area contributed by atoms with Crippen molar-refractivity contribution >= 4 is 5.91 Å². The van der Waals surface area contributed by atoms with E-state index in [0.29, 0.717) is 0 Å². The van der Waals surface area contributed by atoms with Gasteiger partial charge in [0.15, 0.2) is 0 Å². The second kappa shape index (κ2) is 4.35. The maximum absolute atomic E-state index is 12.0. The van der Waals surface area contributed by atoms with Gasteiger partial charge in [0.05, 0.1) is 5.41 Å². The van der Waals surface area contributed by atoms with Gasteiger partial charge in [0, 0.05) is 19.6 Å². The van der Waals surface area contributed by atoms with E-state index in [-0.39, 0.29) is 11.3 Å². The fraction of sp³-hybridized carbons (Fsp3) is 0.750. The van der Waals surface area contributed by atoms with Crippen LogP contribution in [0.4, 0.5) is 0 Å². The summed E-state index contributed by atoms with van der Waals surface area (Å²) in [6.45, 7) is 5.22. The van der Waals surface area contributed by atoms with Gasteiger partial charge < -0.3 is 5.32 Å². The molecule has 1 amide bonds. The highest BCUT2D eigenvalue weighted by molar-refractivity contribution is 5.83. The molecule has 0 aromatic carbocycles. The minimum atomic E-state index is -0.163. The van der Waals surface area contributed by atoms with Gasteiger partial charge in [0.2, 0.25) is 5.91 Å². The molecule has 3 rings (SSSR count). The molecule has 0 aliphatic carbocycles. The molecule has 1 spiro atoms. The lowest BCUT2D eigenvalue weighted by Crippen LogP contribution is -2.47. The van der Waals surface area contributed by atoms with Crippen molar-refractivity contribution in [1.82, 2.24) is 20.5 Å². The lowest BCUT2D eigenvalue weighted by Gasteiger charge is -2.32. The third-order valence-electron chi connectivity index (χ3n) is 4.15. The summed E-state index contributed by atoms with van der Waals surface area (Å²) in [5, 5.41) is 10.7. The largest absolute Gasteiger partial charge is 0.356 e. The summed E-state index contributed by atoms with van der Waals surface area (Å²) in [5.74, 6) is 0.228. The molecular formula is C12H18N4O2.